The smallest absolute Gasteiger partial charge is 0.224 e. The Morgan fingerprint density at radius 1 is 1.05 bits per heavy atom. The first kappa shape index (κ1) is 16.9. The minimum atomic E-state index is 0.307. The third-order valence-corrected chi connectivity index (χ3v) is 4.60. The molecule has 1 heterocycles. The lowest BCUT2D eigenvalue weighted by Gasteiger charge is -2.21. The Morgan fingerprint density at radius 2 is 1.64 bits per heavy atom. The number of nitrogens with zero attached hydrogens (tertiary/aromatic N) is 1. The molecule has 1 N–H and O–H groups in total. The Balaban J connectivity index is 1.89. The summed E-state index contributed by atoms with van der Waals surface area (Å²) in [6, 6.07) is 6.49. The number of carbonyl (C=O) groups excluding carboxylic acids is 1. The van der Waals surface area contributed by atoms with Crippen LogP contribution in [-0.2, 0) is 17.6 Å². The van der Waals surface area contributed by atoms with Crippen LogP contribution in [0.4, 0.5) is 5.69 Å². The monoisotopic (exact) mass is 302 g/mol. The summed E-state index contributed by atoms with van der Waals surface area (Å²) in [6.07, 6.45) is 7.51. The van der Waals surface area contributed by atoms with E-state index in [1.54, 1.807) is 0 Å². The lowest BCUT2D eigenvalue weighted by Crippen LogP contribution is -2.33. The zero-order valence-electron chi connectivity index (χ0n) is 14.2. The van der Waals surface area contributed by atoms with Gasteiger partial charge in [0.15, 0.2) is 0 Å². The van der Waals surface area contributed by atoms with Crippen LogP contribution < -0.4 is 5.32 Å². The highest BCUT2D eigenvalue weighted by molar-refractivity contribution is 5.77. The van der Waals surface area contributed by atoms with E-state index in [1.165, 1.54) is 29.7 Å². The summed E-state index contributed by atoms with van der Waals surface area (Å²) in [6.45, 7) is 7.00. The molecule has 1 fully saturated rings. The Labute approximate surface area is 135 Å². The Hall–Kier alpha value is -1.51. The molecule has 1 aliphatic rings. The summed E-state index contributed by atoms with van der Waals surface area (Å²) in [5.41, 5.74) is 3.94. The zero-order valence-corrected chi connectivity index (χ0v) is 14.2. The number of amides is 1. The van der Waals surface area contributed by atoms with E-state index in [2.05, 4.69) is 42.3 Å². The van der Waals surface area contributed by atoms with Gasteiger partial charge in [-0.15, -0.1) is 0 Å². The van der Waals surface area contributed by atoms with Crippen molar-refractivity contribution in [1.82, 2.24) is 4.90 Å². The van der Waals surface area contributed by atoms with E-state index in [0.717, 1.165) is 45.3 Å². The largest absolute Gasteiger partial charge is 0.384 e. The van der Waals surface area contributed by atoms with Crippen molar-refractivity contribution in [2.45, 2.75) is 58.8 Å². The van der Waals surface area contributed by atoms with Gasteiger partial charge in [-0.05, 0) is 36.8 Å². The van der Waals surface area contributed by atoms with Crippen LogP contribution in [0.2, 0.25) is 0 Å². The summed E-state index contributed by atoms with van der Waals surface area (Å²) < 4.78 is 0. The van der Waals surface area contributed by atoms with Crippen LogP contribution >= 0.6 is 0 Å². The number of nitrogens with one attached hydrogen (secondary N) is 1. The van der Waals surface area contributed by atoms with E-state index in [-0.39, 0.29) is 0 Å². The summed E-state index contributed by atoms with van der Waals surface area (Å²) in [5.74, 6) is 0.307. The van der Waals surface area contributed by atoms with E-state index in [1.807, 2.05) is 0 Å². The first-order valence-corrected chi connectivity index (χ1v) is 8.88. The predicted molar refractivity (Wildman–Crippen MR) is 93.4 cm³/mol. The van der Waals surface area contributed by atoms with Crippen LogP contribution in [0.1, 0.15) is 57.1 Å². The number of para-hydroxylation sites is 1. The molecule has 22 heavy (non-hydrogen) atoms. The standard InChI is InChI=1S/C19H30N2O/c1-3-16-10-9-11-17(4-2)19(16)20-13-12-18(22)21-14-7-5-6-8-15-21/h9-11,20H,3-8,12-15H2,1-2H3. The molecule has 1 aromatic rings. The Kier molecular flexibility index (Phi) is 6.75. The lowest BCUT2D eigenvalue weighted by molar-refractivity contribution is -0.130. The van der Waals surface area contributed by atoms with Crippen molar-refractivity contribution in [3.8, 4) is 0 Å². The molecule has 1 saturated heterocycles. The molecule has 1 aliphatic heterocycles. The highest BCUT2D eigenvalue weighted by Crippen LogP contribution is 2.22. The molecule has 3 nitrogen and oxygen atoms in total. The number of likely N-dealkylation sites (tertiary alicyclic amines) is 1. The number of anilines is 1. The fraction of sp³-hybridized carbons (Fsp3) is 0.632. The molecule has 0 aromatic heterocycles. The van der Waals surface area contributed by atoms with Crippen molar-refractivity contribution < 1.29 is 4.79 Å². The molecular formula is C19H30N2O. The van der Waals surface area contributed by atoms with Gasteiger partial charge in [-0.1, -0.05) is 44.9 Å². The second-order valence-corrected chi connectivity index (χ2v) is 6.13. The molecule has 0 bridgehead atoms. The second kappa shape index (κ2) is 8.82. The number of rotatable bonds is 6. The van der Waals surface area contributed by atoms with Crippen molar-refractivity contribution in [1.29, 1.82) is 0 Å². The summed E-state index contributed by atoms with van der Waals surface area (Å²) >= 11 is 0. The molecule has 122 valence electrons. The predicted octanol–water partition coefficient (Wildman–Crippen LogP) is 4.02. The number of benzene rings is 1. The third kappa shape index (κ3) is 4.49. The maximum Gasteiger partial charge on any atom is 0.224 e. The van der Waals surface area contributed by atoms with Gasteiger partial charge in [-0.25, -0.2) is 0 Å². The first-order chi connectivity index (χ1) is 10.8. The van der Waals surface area contributed by atoms with Crippen molar-refractivity contribution in [2.24, 2.45) is 0 Å². The maximum absolute atomic E-state index is 12.3. The van der Waals surface area contributed by atoms with Gasteiger partial charge < -0.3 is 10.2 Å². The number of aryl methyl sites for hydroxylation is 2. The van der Waals surface area contributed by atoms with Crippen molar-refractivity contribution >= 4 is 11.6 Å². The van der Waals surface area contributed by atoms with E-state index < -0.39 is 0 Å². The first-order valence-electron chi connectivity index (χ1n) is 8.88. The fourth-order valence-electron chi connectivity index (χ4n) is 3.24. The number of hydrogen-bond donors (Lipinski definition) is 1. The second-order valence-electron chi connectivity index (χ2n) is 6.13. The highest BCUT2D eigenvalue weighted by Gasteiger charge is 2.15. The van der Waals surface area contributed by atoms with Gasteiger partial charge in [0.25, 0.3) is 0 Å². The topological polar surface area (TPSA) is 32.3 Å². The van der Waals surface area contributed by atoms with E-state index in [4.69, 9.17) is 0 Å². The van der Waals surface area contributed by atoms with Crippen LogP contribution in [0.25, 0.3) is 0 Å². The lowest BCUT2D eigenvalue weighted by atomic mass is 10.0. The van der Waals surface area contributed by atoms with Gasteiger partial charge in [-0.3, -0.25) is 4.79 Å². The normalized spacial score (nSPS) is 15.5. The molecule has 1 amide bonds. The molecule has 0 atom stereocenters. The van der Waals surface area contributed by atoms with E-state index in [0.29, 0.717) is 12.3 Å². The summed E-state index contributed by atoms with van der Waals surface area (Å²) in [4.78, 5) is 14.4. The Morgan fingerprint density at radius 3 is 2.18 bits per heavy atom. The molecule has 0 unspecified atom stereocenters. The zero-order chi connectivity index (χ0) is 15.8. The van der Waals surface area contributed by atoms with Gasteiger partial charge in [0.05, 0.1) is 0 Å². The summed E-state index contributed by atoms with van der Waals surface area (Å²) in [7, 11) is 0. The molecule has 3 heteroatoms. The number of hydrogen-bond acceptors (Lipinski definition) is 2. The maximum atomic E-state index is 12.3. The van der Waals surface area contributed by atoms with Crippen LogP contribution in [0.15, 0.2) is 18.2 Å². The summed E-state index contributed by atoms with van der Waals surface area (Å²) in [5, 5.41) is 3.52. The van der Waals surface area contributed by atoms with Gasteiger partial charge in [0, 0.05) is 31.7 Å². The fourth-order valence-corrected chi connectivity index (χ4v) is 3.24. The quantitative estimate of drug-likeness (QED) is 0.861. The molecule has 0 spiro atoms. The minimum absolute atomic E-state index is 0.307. The molecule has 0 aliphatic carbocycles. The van der Waals surface area contributed by atoms with Crippen molar-refractivity contribution in [3.63, 3.8) is 0 Å². The SMILES string of the molecule is CCc1cccc(CC)c1NCCC(=O)N1CCCCCC1. The van der Waals surface area contributed by atoms with Gasteiger partial charge in [0.2, 0.25) is 5.91 Å². The average Bonchev–Trinajstić information content (AvgIpc) is 2.84. The average molecular weight is 302 g/mol. The number of carbonyl (C=O) groups is 1. The van der Waals surface area contributed by atoms with Gasteiger partial charge in [0.1, 0.15) is 0 Å². The minimum Gasteiger partial charge on any atom is -0.384 e. The van der Waals surface area contributed by atoms with Crippen molar-refractivity contribution in [3.05, 3.63) is 29.3 Å². The van der Waals surface area contributed by atoms with Gasteiger partial charge >= 0.3 is 0 Å². The van der Waals surface area contributed by atoms with Crippen LogP contribution in [0.5, 0.6) is 0 Å². The molecule has 2 rings (SSSR count). The Bertz CT molecular complexity index is 454. The van der Waals surface area contributed by atoms with E-state index >= 15 is 0 Å². The highest BCUT2D eigenvalue weighted by atomic mass is 16.2. The molecule has 0 radical (unpaired) electrons. The van der Waals surface area contributed by atoms with Crippen LogP contribution in [0, 0.1) is 0 Å². The molecular weight excluding hydrogens is 272 g/mol. The van der Waals surface area contributed by atoms with Gasteiger partial charge in [-0.2, -0.15) is 0 Å². The van der Waals surface area contributed by atoms with Crippen LogP contribution in [-0.4, -0.2) is 30.4 Å². The third-order valence-electron chi connectivity index (χ3n) is 4.60. The van der Waals surface area contributed by atoms with Crippen molar-refractivity contribution in [2.75, 3.05) is 25.0 Å². The van der Waals surface area contributed by atoms with E-state index in [9.17, 15) is 4.79 Å². The van der Waals surface area contributed by atoms with Crippen LogP contribution in [0.3, 0.4) is 0 Å². The molecule has 0 saturated carbocycles. The molecule has 1 aromatic carbocycles.